The maximum absolute atomic E-state index is 11.5. The Morgan fingerprint density at radius 3 is 2.67 bits per heavy atom. The molecule has 0 radical (unpaired) electrons. The average molecular weight is 234 g/mol. The van der Waals surface area contributed by atoms with Gasteiger partial charge >= 0.3 is 0 Å². The molecule has 88 valence electrons. The molecule has 0 saturated carbocycles. The van der Waals surface area contributed by atoms with E-state index in [-0.39, 0.29) is 24.1 Å². The first kappa shape index (κ1) is 12.4. The maximum Gasteiger partial charge on any atom is 0.224 e. The predicted octanol–water partition coefficient (Wildman–Crippen LogP) is -0.0634. The molecule has 6 heteroatoms. The SMILES string of the molecule is CCCCS(=O)(=O)NC1CC(=O)N(C)C1. The molecule has 1 atom stereocenters. The van der Waals surface area contributed by atoms with Crippen LogP contribution < -0.4 is 4.72 Å². The largest absolute Gasteiger partial charge is 0.344 e. The van der Waals surface area contributed by atoms with E-state index in [0.29, 0.717) is 13.0 Å². The number of likely N-dealkylation sites (N-methyl/N-ethyl adjacent to an activating group) is 1. The lowest BCUT2D eigenvalue weighted by atomic mass is 10.3. The van der Waals surface area contributed by atoms with Gasteiger partial charge in [-0.1, -0.05) is 13.3 Å². The number of nitrogens with zero attached hydrogens (tertiary/aromatic N) is 1. The highest BCUT2D eigenvalue weighted by atomic mass is 32.2. The van der Waals surface area contributed by atoms with Gasteiger partial charge in [-0.3, -0.25) is 4.79 Å². The van der Waals surface area contributed by atoms with Crippen LogP contribution in [0.1, 0.15) is 26.2 Å². The molecule has 0 aromatic heterocycles. The summed E-state index contributed by atoms with van der Waals surface area (Å²) in [5.74, 6) is 0.149. The van der Waals surface area contributed by atoms with E-state index < -0.39 is 10.0 Å². The van der Waals surface area contributed by atoms with E-state index in [1.807, 2.05) is 6.92 Å². The summed E-state index contributed by atoms with van der Waals surface area (Å²) in [6, 6.07) is -0.246. The zero-order chi connectivity index (χ0) is 11.5. The summed E-state index contributed by atoms with van der Waals surface area (Å²) in [7, 11) is -1.52. The van der Waals surface area contributed by atoms with Crippen molar-refractivity contribution in [1.82, 2.24) is 9.62 Å². The molecule has 0 aromatic rings. The van der Waals surface area contributed by atoms with Crippen LogP contribution >= 0.6 is 0 Å². The van der Waals surface area contributed by atoms with E-state index in [0.717, 1.165) is 6.42 Å². The molecule has 1 rings (SSSR count). The van der Waals surface area contributed by atoms with E-state index in [4.69, 9.17) is 0 Å². The van der Waals surface area contributed by atoms with Crippen LogP contribution in [0, 0.1) is 0 Å². The minimum atomic E-state index is -3.20. The lowest BCUT2D eigenvalue weighted by molar-refractivity contribution is -0.126. The molecule has 0 aliphatic carbocycles. The fourth-order valence-electron chi connectivity index (χ4n) is 1.59. The highest BCUT2D eigenvalue weighted by Crippen LogP contribution is 2.09. The number of unbranched alkanes of at least 4 members (excludes halogenated alkanes) is 1. The second-order valence-electron chi connectivity index (χ2n) is 3.97. The van der Waals surface area contributed by atoms with Crippen molar-refractivity contribution in [3.8, 4) is 0 Å². The number of hydrogen-bond donors (Lipinski definition) is 1. The Labute approximate surface area is 90.9 Å². The van der Waals surface area contributed by atoms with Crippen molar-refractivity contribution in [2.75, 3.05) is 19.3 Å². The Morgan fingerprint density at radius 1 is 1.53 bits per heavy atom. The normalized spacial score (nSPS) is 22.4. The lowest BCUT2D eigenvalue weighted by Gasteiger charge is -2.12. The van der Waals surface area contributed by atoms with Gasteiger partial charge in [0.2, 0.25) is 15.9 Å². The van der Waals surface area contributed by atoms with Crippen molar-refractivity contribution in [2.45, 2.75) is 32.2 Å². The number of nitrogens with one attached hydrogen (secondary N) is 1. The van der Waals surface area contributed by atoms with E-state index in [1.165, 1.54) is 0 Å². The molecule has 15 heavy (non-hydrogen) atoms. The minimum absolute atomic E-state index is 0.00167. The second-order valence-corrected chi connectivity index (χ2v) is 5.84. The summed E-state index contributed by atoms with van der Waals surface area (Å²) in [4.78, 5) is 12.7. The summed E-state index contributed by atoms with van der Waals surface area (Å²) < 4.78 is 25.6. The molecule has 5 nitrogen and oxygen atoms in total. The molecule has 1 heterocycles. The average Bonchev–Trinajstić information content (AvgIpc) is 2.41. The van der Waals surface area contributed by atoms with Gasteiger partial charge in [-0.2, -0.15) is 0 Å². The summed E-state index contributed by atoms with van der Waals surface area (Å²) in [5.41, 5.74) is 0. The van der Waals surface area contributed by atoms with Gasteiger partial charge in [0.15, 0.2) is 0 Å². The zero-order valence-corrected chi connectivity index (χ0v) is 10.0. The maximum atomic E-state index is 11.5. The van der Waals surface area contributed by atoms with Crippen LogP contribution in [-0.4, -0.2) is 44.6 Å². The molecule has 0 spiro atoms. The Bertz CT molecular complexity index is 326. The first-order chi connectivity index (χ1) is 6.94. The van der Waals surface area contributed by atoms with Crippen LogP contribution in [0.4, 0.5) is 0 Å². The minimum Gasteiger partial charge on any atom is -0.344 e. The summed E-state index contributed by atoms with van der Waals surface area (Å²) in [6.45, 7) is 2.42. The molecule has 1 fully saturated rings. The number of amides is 1. The van der Waals surface area contributed by atoms with Crippen LogP contribution in [0.15, 0.2) is 0 Å². The van der Waals surface area contributed by atoms with Crippen LogP contribution in [0.2, 0.25) is 0 Å². The van der Waals surface area contributed by atoms with Gasteiger partial charge in [-0.25, -0.2) is 13.1 Å². The van der Waals surface area contributed by atoms with Gasteiger partial charge in [0.05, 0.1) is 5.75 Å². The van der Waals surface area contributed by atoms with Crippen molar-refractivity contribution in [3.05, 3.63) is 0 Å². The van der Waals surface area contributed by atoms with Crippen LogP contribution in [0.25, 0.3) is 0 Å². The topological polar surface area (TPSA) is 66.5 Å². The third-order valence-electron chi connectivity index (χ3n) is 2.45. The van der Waals surface area contributed by atoms with E-state index in [2.05, 4.69) is 4.72 Å². The number of rotatable bonds is 5. The fraction of sp³-hybridized carbons (Fsp3) is 0.889. The van der Waals surface area contributed by atoms with Crippen LogP contribution in [-0.2, 0) is 14.8 Å². The molecule has 0 bridgehead atoms. The third kappa shape index (κ3) is 3.79. The highest BCUT2D eigenvalue weighted by Gasteiger charge is 2.29. The molecule has 1 saturated heterocycles. The number of carbonyl (C=O) groups excluding carboxylic acids is 1. The van der Waals surface area contributed by atoms with E-state index in [1.54, 1.807) is 11.9 Å². The first-order valence-corrected chi connectivity index (χ1v) is 6.84. The number of hydrogen-bond acceptors (Lipinski definition) is 3. The van der Waals surface area contributed by atoms with Crippen molar-refractivity contribution in [2.24, 2.45) is 0 Å². The summed E-state index contributed by atoms with van der Waals surface area (Å²) >= 11 is 0. The van der Waals surface area contributed by atoms with Crippen molar-refractivity contribution in [1.29, 1.82) is 0 Å². The number of likely N-dealkylation sites (tertiary alicyclic amines) is 1. The molecule has 1 unspecified atom stereocenters. The fourth-order valence-corrected chi connectivity index (χ4v) is 3.04. The Morgan fingerprint density at radius 2 is 2.20 bits per heavy atom. The van der Waals surface area contributed by atoms with Crippen LogP contribution in [0.5, 0.6) is 0 Å². The third-order valence-corrected chi connectivity index (χ3v) is 3.97. The van der Waals surface area contributed by atoms with Crippen molar-refractivity contribution in [3.63, 3.8) is 0 Å². The Hall–Kier alpha value is -0.620. The van der Waals surface area contributed by atoms with Gasteiger partial charge in [0.1, 0.15) is 0 Å². The standard InChI is InChI=1S/C9H18N2O3S/c1-3-4-5-15(13,14)10-8-6-9(12)11(2)7-8/h8,10H,3-7H2,1-2H3. The van der Waals surface area contributed by atoms with Gasteiger partial charge in [0, 0.05) is 26.1 Å². The van der Waals surface area contributed by atoms with E-state index >= 15 is 0 Å². The molecular weight excluding hydrogens is 216 g/mol. The molecular formula is C9H18N2O3S. The number of carbonyl (C=O) groups is 1. The van der Waals surface area contributed by atoms with Crippen LogP contribution in [0.3, 0.4) is 0 Å². The van der Waals surface area contributed by atoms with Crippen molar-refractivity contribution >= 4 is 15.9 Å². The Balaban J connectivity index is 2.45. The van der Waals surface area contributed by atoms with Gasteiger partial charge < -0.3 is 4.90 Å². The summed E-state index contributed by atoms with van der Waals surface area (Å²) in [5, 5.41) is 0. The lowest BCUT2D eigenvalue weighted by Crippen LogP contribution is -2.37. The predicted molar refractivity (Wildman–Crippen MR) is 57.9 cm³/mol. The molecule has 1 N–H and O–H groups in total. The molecule has 0 aromatic carbocycles. The van der Waals surface area contributed by atoms with Gasteiger partial charge in [0.25, 0.3) is 0 Å². The smallest absolute Gasteiger partial charge is 0.224 e. The molecule has 1 amide bonds. The second kappa shape index (κ2) is 4.94. The molecule has 1 aliphatic rings. The van der Waals surface area contributed by atoms with Gasteiger partial charge in [-0.15, -0.1) is 0 Å². The summed E-state index contributed by atoms with van der Waals surface area (Å²) in [6.07, 6.45) is 1.79. The van der Waals surface area contributed by atoms with E-state index in [9.17, 15) is 13.2 Å². The quantitative estimate of drug-likeness (QED) is 0.724. The monoisotopic (exact) mass is 234 g/mol. The highest BCUT2D eigenvalue weighted by molar-refractivity contribution is 7.89. The number of sulfonamides is 1. The molecule has 1 aliphatic heterocycles. The zero-order valence-electron chi connectivity index (χ0n) is 9.19. The Kier molecular flexibility index (Phi) is 4.10. The van der Waals surface area contributed by atoms with Gasteiger partial charge in [-0.05, 0) is 6.42 Å². The van der Waals surface area contributed by atoms with Crippen molar-refractivity contribution < 1.29 is 13.2 Å². The first-order valence-electron chi connectivity index (χ1n) is 5.18.